The smallest absolute Gasteiger partial charge is 0.305 e. The number of carbonyl (C=O) groups excluding carboxylic acids is 1. The number of nitrogens with one attached hydrogen (secondary N) is 1. The molecule has 2 aromatic heterocycles. The Hall–Kier alpha value is -4.40. The maximum atomic E-state index is 12.9. The van der Waals surface area contributed by atoms with E-state index in [2.05, 4.69) is 15.5 Å². The second-order valence-corrected chi connectivity index (χ2v) is 7.80. The molecule has 0 saturated heterocycles. The van der Waals surface area contributed by atoms with Crippen molar-refractivity contribution in [2.75, 3.05) is 5.32 Å². The van der Waals surface area contributed by atoms with Crippen LogP contribution in [0, 0.1) is 13.8 Å². The van der Waals surface area contributed by atoms with Crippen LogP contribution < -0.4 is 10.1 Å². The monoisotopic (exact) mass is 459 g/mol. The van der Waals surface area contributed by atoms with Crippen molar-refractivity contribution in [2.45, 2.75) is 33.4 Å². The van der Waals surface area contributed by atoms with Crippen molar-refractivity contribution < 1.29 is 19.4 Å². The molecule has 4 aromatic rings. The van der Waals surface area contributed by atoms with Crippen molar-refractivity contribution in [3.05, 3.63) is 89.5 Å². The highest BCUT2D eigenvalue weighted by atomic mass is 16.5. The number of anilines is 1. The number of carboxylic acids is 1. The van der Waals surface area contributed by atoms with Crippen LogP contribution >= 0.6 is 0 Å². The third kappa shape index (κ3) is 5.32. The summed E-state index contributed by atoms with van der Waals surface area (Å²) in [7, 11) is 0. The van der Waals surface area contributed by atoms with E-state index in [-0.39, 0.29) is 18.9 Å². The number of hydrogen-bond acceptors (Lipinski definition) is 5. The number of ether oxygens (including phenoxy) is 1. The molecule has 9 heteroatoms. The predicted molar refractivity (Wildman–Crippen MR) is 126 cm³/mol. The van der Waals surface area contributed by atoms with Crippen LogP contribution in [0.2, 0.25) is 0 Å². The largest absolute Gasteiger partial charge is 0.481 e. The lowest BCUT2D eigenvalue weighted by atomic mass is 10.2. The second-order valence-electron chi connectivity index (χ2n) is 7.80. The topological polar surface area (TPSA) is 111 Å². The Labute approximate surface area is 196 Å². The second kappa shape index (κ2) is 10.0. The molecule has 0 aliphatic heterocycles. The van der Waals surface area contributed by atoms with Gasteiger partial charge in [0.1, 0.15) is 17.2 Å². The van der Waals surface area contributed by atoms with Crippen LogP contribution in [0.15, 0.2) is 66.9 Å². The van der Waals surface area contributed by atoms with Gasteiger partial charge in [0.2, 0.25) is 0 Å². The molecule has 174 valence electrons. The van der Waals surface area contributed by atoms with Crippen molar-refractivity contribution in [1.82, 2.24) is 19.6 Å². The fourth-order valence-corrected chi connectivity index (χ4v) is 3.62. The Morgan fingerprint density at radius 3 is 2.53 bits per heavy atom. The van der Waals surface area contributed by atoms with Gasteiger partial charge in [-0.3, -0.25) is 19.0 Å². The Balaban J connectivity index is 1.48. The minimum Gasteiger partial charge on any atom is -0.481 e. The zero-order chi connectivity index (χ0) is 24.1. The zero-order valence-electron chi connectivity index (χ0n) is 18.9. The number of carboxylic acid groups (broad SMARTS) is 1. The van der Waals surface area contributed by atoms with E-state index in [9.17, 15) is 9.59 Å². The van der Waals surface area contributed by atoms with Crippen LogP contribution in [-0.4, -0.2) is 36.5 Å². The van der Waals surface area contributed by atoms with E-state index >= 15 is 0 Å². The molecule has 4 rings (SSSR count). The number of nitrogens with zero attached hydrogens (tertiary/aromatic N) is 4. The molecule has 34 heavy (non-hydrogen) atoms. The maximum absolute atomic E-state index is 12.9. The van der Waals surface area contributed by atoms with E-state index in [4.69, 9.17) is 9.84 Å². The molecule has 0 aliphatic carbocycles. The van der Waals surface area contributed by atoms with E-state index in [1.165, 1.54) is 10.9 Å². The number of aromatic nitrogens is 4. The molecule has 2 heterocycles. The number of carbonyl (C=O) groups is 2. The highest BCUT2D eigenvalue weighted by Gasteiger charge is 2.18. The number of rotatable bonds is 9. The van der Waals surface area contributed by atoms with Gasteiger partial charge in [-0.05, 0) is 49.7 Å². The summed E-state index contributed by atoms with van der Waals surface area (Å²) in [4.78, 5) is 23.7. The van der Waals surface area contributed by atoms with Crippen molar-refractivity contribution in [3.8, 4) is 11.5 Å². The maximum Gasteiger partial charge on any atom is 0.305 e. The van der Waals surface area contributed by atoms with Crippen LogP contribution in [0.4, 0.5) is 5.69 Å². The molecule has 1 amide bonds. The number of aryl methyl sites for hydroxylation is 2. The summed E-state index contributed by atoms with van der Waals surface area (Å²) >= 11 is 0. The molecule has 0 aliphatic rings. The molecule has 2 aromatic carbocycles. The van der Waals surface area contributed by atoms with Crippen LogP contribution in [0.5, 0.6) is 11.5 Å². The first-order chi connectivity index (χ1) is 16.4. The van der Waals surface area contributed by atoms with E-state index in [0.717, 1.165) is 22.8 Å². The normalized spacial score (nSPS) is 10.8. The average molecular weight is 460 g/mol. The lowest BCUT2D eigenvalue weighted by Crippen LogP contribution is -2.19. The van der Waals surface area contributed by atoms with Gasteiger partial charge in [-0.15, -0.1) is 0 Å². The molecular formula is C25H25N5O4. The molecule has 0 bridgehead atoms. The van der Waals surface area contributed by atoms with Gasteiger partial charge in [0.15, 0.2) is 0 Å². The van der Waals surface area contributed by atoms with Gasteiger partial charge in [-0.25, -0.2) is 0 Å². The standard InChI is InChI=1S/C25H25N5O4/c1-17-24(27-25(33)22-11-13-26-29(22)14-12-23(31)32)18(2)30(28-17)16-19-7-6-10-21(15-19)34-20-8-4-3-5-9-20/h3-11,13,15H,12,14,16H2,1-2H3,(H,27,33)(H,31,32). The van der Waals surface area contributed by atoms with Crippen molar-refractivity contribution in [1.29, 1.82) is 0 Å². The quantitative estimate of drug-likeness (QED) is 0.387. The molecule has 2 N–H and O–H groups in total. The Morgan fingerprint density at radius 2 is 1.76 bits per heavy atom. The Bertz CT molecular complexity index is 1310. The van der Waals surface area contributed by atoms with Gasteiger partial charge in [0.05, 0.1) is 36.6 Å². The fraction of sp³-hybridized carbons (Fsp3) is 0.200. The van der Waals surface area contributed by atoms with Crippen LogP contribution in [0.25, 0.3) is 0 Å². The van der Waals surface area contributed by atoms with E-state index < -0.39 is 5.97 Å². The lowest BCUT2D eigenvalue weighted by molar-refractivity contribution is -0.137. The number of hydrogen-bond donors (Lipinski definition) is 2. The number of amides is 1. The summed E-state index contributed by atoms with van der Waals surface area (Å²) in [6.07, 6.45) is 1.36. The summed E-state index contributed by atoms with van der Waals surface area (Å²) in [6.45, 7) is 4.34. The molecule has 0 unspecified atom stereocenters. The summed E-state index contributed by atoms with van der Waals surface area (Å²) in [5.74, 6) is 0.173. The summed E-state index contributed by atoms with van der Waals surface area (Å²) in [6, 6.07) is 18.9. The SMILES string of the molecule is Cc1nn(Cc2cccc(Oc3ccccc3)c2)c(C)c1NC(=O)c1ccnn1CCC(=O)O. The van der Waals surface area contributed by atoms with Crippen LogP contribution in [0.3, 0.4) is 0 Å². The summed E-state index contributed by atoms with van der Waals surface area (Å²) < 4.78 is 9.14. The van der Waals surface area contributed by atoms with Gasteiger partial charge in [0, 0.05) is 6.20 Å². The number of benzene rings is 2. The zero-order valence-corrected chi connectivity index (χ0v) is 18.9. The first-order valence-electron chi connectivity index (χ1n) is 10.8. The molecule has 9 nitrogen and oxygen atoms in total. The molecular weight excluding hydrogens is 434 g/mol. The average Bonchev–Trinajstić information content (AvgIpc) is 3.39. The highest BCUT2D eigenvalue weighted by molar-refractivity contribution is 6.03. The van der Waals surface area contributed by atoms with Gasteiger partial charge >= 0.3 is 5.97 Å². The van der Waals surface area contributed by atoms with Gasteiger partial charge < -0.3 is 15.2 Å². The number of aliphatic carboxylic acids is 1. The Kier molecular flexibility index (Phi) is 6.72. The molecule has 0 fully saturated rings. The third-order valence-corrected chi connectivity index (χ3v) is 5.32. The van der Waals surface area contributed by atoms with Crippen LogP contribution in [-0.2, 0) is 17.9 Å². The molecule has 0 saturated carbocycles. The van der Waals surface area contributed by atoms with Gasteiger partial charge in [0.25, 0.3) is 5.91 Å². The molecule has 0 spiro atoms. The van der Waals surface area contributed by atoms with Gasteiger partial charge in [-0.1, -0.05) is 30.3 Å². The van der Waals surface area contributed by atoms with Crippen molar-refractivity contribution >= 4 is 17.6 Å². The number of para-hydroxylation sites is 1. The van der Waals surface area contributed by atoms with Crippen LogP contribution in [0.1, 0.15) is 33.9 Å². The predicted octanol–water partition coefficient (Wildman–Crippen LogP) is 4.26. The summed E-state index contributed by atoms with van der Waals surface area (Å²) in [5, 5.41) is 20.5. The highest BCUT2D eigenvalue weighted by Crippen LogP contribution is 2.24. The molecule has 0 radical (unpaired) electrons. The lowest BCUT2D eigenvalue weighted by Gasteiger charge is -2.10. The van der Waals surface area contributed by atoms with E-state index in [1.807, 2.05) is 73.1 Å². The van der Waals surface area contributed by atoms with Crippen molar-refractivity contribution in [2.24, 2.45) is 0 Å². The van der Waals surface area contributed by atoms with E-state index in [1.54, 1.807) is 6.07 Å². The first kappa shape index (κ1) is 22.8. The Morgan fingerprint density at radius 1 is 1.00 bits per heavy atom. The summed E-state index contributed by atoms with van der Waals surface area (Å²) in [5.41, 5.74) is 3.39. The van der Waals surface area contributed by atoms with Gasteiger partial charge in [-0.2, -0.15) is 10.2 Å². The van der Waals surface area contributed by atoms with E-state index in [0.29, 0.717) is 23.6 Å². The first-order valence-corrected chi connectivity index (χ1v) is 10.8. The fourth-order valence-electron chi connectivity index (χ4n) is 3.62. The minimum atomic E-state index is -0.951. The minimum absolute atomic E-state index is 0.115. The molecule has 0 atom stereocenters. The third-order valence-electron chi connectivity index (χ3n) is 5.32. The van der Waals surface area contributed by atoms with Crippen molar-refractivity contribution in [3.63, 3.8) is 0 Å².